The minimum absolute atomic E-state index is 0.0501. The van der Waals surface area contributed by atoms with E-state index >= 15 is 0 Å². The van der Waals surface area contributed by atoms with E-state index in [1.807, 2.05) is 13.8 Å². The second-order valence-electron chi connectivity index (χ2n) is 6.96. The predicted molar refractivity (Wildman–Crippen MR) is 113 cm³/mol. The van der Waals surface area contributed by atoms with Gasteiger partial charge in [-0.3, -0.25) is 19.2 Å². The zero-order valence-corrected chi connectivity index (χ0v) is 18.1. The number of benzene rings is 1. The lowest BCUT2D eigenvalue weighted by atomic mass is 9.74. The fourth-order valence-corrected chi connectivity index (χ4v) is 2.82. The van der Waals surface area contributed by atoms with Crippen molar-refractivity contribution in [1.29, 1.82) is 0 Å². The van der Waals surface area contributed by atoms with Crippen LogP contribution in [0.25, 0.3) is 0 Å². The summed E-state index contributed by atoms with van der Waals surface area (Å²) < 4.78 is 4.86. The summed E-state index contributed by atoms with van der Waals surface area (Å²) in [4.78, 5) is 46.8. The van der Waals surface area contributed by atoms with Crippen molar-refractivity contribution in [3.63, 3.8) is 0 Å². The lowest BCUT2D eigenvalue weighted by Crippen LogP contribution is -2.51. The molecule has 0 aliphatic heterocycles. The summed E-state index contributed by atoms with van der Waals surface area (Å²) in [7, 11) is -1.63. The van der Waals surface area contributed by atoms with Gasteiger partial charge in [0.25, 0.3) is 11.9 Å². The molecule has 164 valence electrons. The van der Waals surface area contributed by atoms with Crippen LogP contribution in [-0.2, 0) is 19.0 Å². The normalized spacial score (nSPS) is 11.5. The third-order valence-electron chi connectivity index (χ3n) is 3.83. The van der Waals surface area contributed by atoms with Crippen molar-refractivity contribution in [2.75, 3.05) is 6.54 Å². The molecule has 0 saturated carbocycles. The van der Waals surface area contributed by atoms with E-state index in [4.69, 9.17) is 33.6 Å². The fraction of sp³-hybridized carbons (Fsp3) is 0.444. The SMILES string of the molecule is CC(C)C[C@H](NC(=O)CNC(=O)c1cc(Cl)ccc1Cl)B(O)OC(=O)CCC(N)=O. The largest absolute Gasteiger partial charge is 0.548 e. The zero-order chi connectivity index (χ0) is 22.8. The van der Waals surface area contributed by atoms with Crippen LogP contribution in [0.15, 0.2) is 18.2 Å². The third-order valence-corrected chi connectivity index (χ3v) is 4.39. The van der Waals surface area contributed by atoms with Crippen LogP contribution in [0.1, 0.15) is 43.5 Å². The second kappa shape index (κ2) is 12.4. The summed E-state index contributed by atoms with van der Waals surface area (Å²) in [5.74, 6) is -3.58. The number of hydrogen-bond donors (Lipinski definition) is 4. The number of hydrogen-bond acceptors (Lipinski definition) is 6. The van der Waals surface area contributed by atoms with Crippen molar-refractivity contribution in [2.24, 2.45) is 11.7 Å². The molecule has 0 spiro atoms. The number of nitrogens with two attached hydrogens (primary N) is 1. The Hall–Kier alpha value is -2.30. The number of carbonyl (C=O) groups is 4. The van der Waals surface area contributed by atoms with Gasteiger partial charge in [-0.25, -0.2) is 0 Å². The van der Waals surface area contributed by atoms with E-state index in [9.17, 15) is 24.2 Å². The van der Waals surface area contributed by atoms with Crippen LogP contribution in [0.3, 0.4) is 0 Å². The molecule has 0 bridgehead atoms. The first kappa shape index (κ1) is 25.7. The van der Waals surface area contributed by atoms with Gasteiger partial charge in [0, 0.05) is 11.4 Å². The van der Waals surface area contributed by atoms with Crippen molar-refractivity contribution < 1.29 is 28.9 Å². The van der Waals surface area contributed by atoms with Gasteiger partial charge >= 0.3 is 7.12 Å². The Morgan fingerprint density at radius 2 is 1.87 bits per heavy atom. The van der Waals surface area contributed by atoms with Crippen LogP contribution in [0.4, 0.5) is 0 Å². The fourth-order valence-electron chi connectivity index (χ4n) is 2.44. The lowest BCUT2D eigenvalue weighted by molar-refractivity contribution is -0.137. The highest BCUT2D eigenvalue weighted by Gasteiger charge is 2.32. The number of amides is 3. The van der Waals surface area contributed by atoms with Gasteiger partial charge in [0.05, 0.1) is 29.5 Å². The Morgan fingerprint density at radius 1 is 1.20 bits per heavy atom. The number of carbonyl (C=O) groups excluding carboxylic acids is 4. The third kappa shape index (κ3) is 9.47. The molecule has 0 aromatic heterocycles. The quantitative estimate of drug-likeness (QED) is 0.364. The number of primary amides is 1. The first-order chi connectivity index (χ1) is 14.0. The van der Waals surface area contributed by atoms with Gasteiger partial charge in [-0.2, -0.15) is 0 Å². The average molecular weight is 460 g/mol. The van der Waals surface area contributed by atoms with Gasteiger partial charge < -0.3 is 26.0 Å². The van der Waals surface area contributed by atoms with E-state index in [0.717, 1.165) is 0 Å². The zero-order valence-electron chi connectivity index (χ0n) is 16.6. The molecular weight excluding hydrogens is 436 g/mol. The van der Waals surface area contributed by atoms with Crippen molar-refractivity contribution >= 4 is 54.0 Å². The number of rotatable bonds is 11. The monoisotopic (exact) mass is 459 g/mol. The molecule has 12 heteroatoms. The summed E-state index contributed by atoms with van der Waals surface area (Å²) in [5.41, 5.74) is 5.07. The molecule has 0 heterocycles. The van der Waals surface area contributed by atoms with Gasteiger partial charge in [-0.15, -0.1) is 0 Å². The highest BCUT2D eigenvalue weighted by molar-refractivity contribution is 6.47. The van der Waals surface area contributed by atoms with E-state index in [1.54, 1.807) is 0 Å². The first-order valence-electron chi connectivity index (χ1n) is 9.18. The molecule has 1 rings (SSSR count). The number of halogens is 2. The molecule has 30 heavy (non-hydrogen) atoms. The van der Waals surface area contributed by atoms with E-state index in [0.29, 0.717) is 11.4 Å². The second-order valence-corrected chi connectivity index (χ2v) is 7.80. The smallest absolute Gasteiger partial charge is 0.508 e. The predicted octanol–water partition coefficient (Wildman–Crippen LogP) is 1.08. The van der Waals surface area contributed by atoms with Crippen LogP contribution in [0.5, 0.6) is 0 Å². The summed E-state index contributed by atoms with van der Waals surface area (Å²) in [6, 6.07) is 4.35. The molecule has 0 aliphatic rings. The number of nitrogens with one attached hydrogen (secondary N) is 2. The maximum Gasteiger partial charge on any atom is 0.548 e. The molecule has 5 N–H and O–H groups in total. The molecule has 0 saturated heterocycles. The topological polar surface area (TPSA) is 148 Å². The molecular formula is C18H24BCl2N3O6. The van der Waals surface area contributed by atoms with Gasteiger partial charge in [0.15, 0.2) is 0 Å². The standard InChI is InChI=1S/C18H24BCl2N3O6/c1-10(2)7-14(19(29)30-17(27)6-5-15(22)25)24-16(26)9-23-18(28)12-8-11(20)3-4-13(12)21/h3-4,8,10,14,29H,5-7,9H2,1-2H3,(H2,22,25)(H,23,28)(H,24,26)/t14-/m0/s1. The molecule has 0 unspecified atom stereocenters. The highest BCUT2D eigenvalue weighted by atomic mass is 35.5. The summed E-state index contributed by atoms with van der Waals surface area (Å²) >= 11 is 11.8. The van der Waals surface area contributed by atoms with Crippen molar-refractivity contribution in [2.45, 2.75) is 39.1 Å². The van der Waals surface area contributed by atoms with Crippen LogP contribution < -0.4 is 16.4 Å². The highest BCUT2D eigenvalue weighted by Crippen LogP contribution is 2.20. The Kier molecular flexibility index (Phi) is 10.6. The Balaban J connectivity index is 2.65. The molecule has 1 aromatic rings. The van der Waals surface area contributed by atoms with Gasteiger partial charge in [0.1, 0.15) is 0 Å². The molecule has 1 atom stereocenters. The first-order valence-corrected chi connectivity index (χ1v) is 9.93. The molecule has 0 aliphatic carbocycles. The average Bonchev–Trinajstić information content (AvgIpc) is 2.65. The molecule has 0 fully saturated rings. The lowest BCUT2D eigenvalue weighted by Gasteiger charge is -2.22. The molecule has 0 radical (unpaired) electrons. The van der Waals surface area contributed by atoms with E-state index < -0.39 is 43.3 Å². The minimum Gasteiger partial charge on any atom is -0.508 e. The minimum atomic E-state index is -1.63. The van der Waals surface area contributed by atoms with E-state index in [-0.39, 0.29) is 29.3 Å². The summed E-state index contributed by atoms with van der Waals surface area (Å²) in [6.45, 7) is 3.30. The summed E-state index contributed by atoms with van der Waals surface area (Å²) in [6.07, 6.45) is -0.208. The van der Waals surface area contributed by atoms with Gasteiger partial charge in [-0.05, 0) is 30.5 Å². The maximum absolute atomic E-state index is 12.2. The molecule has 9 nitrogen and oxygen atoms in total. The van der Waals surface area contributed by atoms with Crippen molar-refractivity contribution in [3.8, 4) is 0 Å². The molecule has 1 aromatic carbocycles. The molecule has 3 amide bonds. The van der Waals surface area contributed by atoms with Crippen LogP contribution in [-0.4, -0.2) is 48.3 Å². The Labute approximate surface area is 184 Å². The van der Waals surface area contributed by atoms with Crippen molar-refractivity contribution in [1.82, 2.24) is 10.6 Å². The van der Waals surface area contributed by atoms with Gasteiger partial charge in [0.2, 0.25) is 11.8 Å². The Morgan fingerprint density at radius 3 is 2.47 bits per heavy atom. The van der Waals surface area contributed by atoms with Gasteiger partial charge in [-0.1, -0.05) is 37.0 Å². The Bertz CT molecular complexity index is 793. The van der Waals surface area contributed by atoms with Crippen molar-refractivity contribution in [3.05, 3.63) is 33.8 Å². The van der Waals surface area contributed by atoms with Crippen LogP contribution in [0.2, 0.25) is 10.0 Å². The van der Waals surface area contributed by atoms with Crippen LogP contribution >= 0.6 is 23.2 Å². The maximum atomic E-state index is 12.2. The van der Waals surface area contributed by atoms with Crippen LogP contribution in [0, 0.1) is 5.92 Å². The van der Waals surface area contributed by atoms with E-state index in [1.165, 1.54) is 18.2 Å². The summed E-state index contributed by atoms with van der Waals surface area (Å²) in [5, 5.41) is 15.6. The van der Waals surface area contributed by atoms with E-state index in [2.05, 4.69) is 10.6 Å².